The Balaban J connectivity index is 1.80. The van der Waals surface area contributed by atoms with Crippen molar-refractivity contribution in [2.75, 3.05) is 23.4 Å². The summed E-state index contributed by atoms with van der Waals surface area (Å²) < 4.78 is 31.0. The molecule has 0 unspecified atom stereocenters. The Hall–Kier alpha value is -2.80. The Bertz CT molecular complexity index is 1140. The zero-order valence-corrected chi connectivity index (χ0v) is 16.8. The Morgan fingerprint density at radius 1 is 1.07 bits per heavy atom. The lowest BCUT2D eigenvalue weighted by Gasteiger charge is -2.22. The lowest BCUT2D eigenvalue weighted by molar-refractivity contribution is 0.417. The third kappa shape index (κ3) is 3.75. The topological polar surface area (TPSA) is 80.3 Å². The molecule has 146 valence electrons. The monoisotopic (exact) mass is 397 g/mol. The number of ether oxygens (including phenoxy) is 1. The number of nitrogens with one attached hydrogen (secondary N) is 2. The van der Waals surface area contributed by atoms with Crippen LogP contribution in [0.1, 0.15) is 24.1 Å². The van der Waals surface area contributed by atoms with Gasteiger partial charge >= 0.3 is 0 Å². The van der Waals surface area contributed by atoms with Gasteiger partial charge in [0.25, 0.3) is 0 Å². The van der Waals surface area contributed by atoms with Crippen molar-refractivity contribution >= 4 is 38.0 Å². The number of rotatable bonds is 5. The summed E-state index contributed by atoms with van der Waals surface area (Å²) in [6.07, 6.45) is 5.42. The van der Waals surface area contributed by atoms with Crippen LogP contribution in [0.25, 0.3) is 10.9 Å². The van der Waals surface area contributed by atoms with E-state index in [4.69, 9.17) is 9.72 Å². The van der Waals surface area contributed by atoms with Gasteiger partial charge < -0.3 is 10.1 Å². The minimum absolute atomic E-state index is 0.464. The van der Waals surface area contributed by atoms with Crippen LogP contribution in [0.5, 0.6) is 5.75 Å². The molecule has 1 heterocycles. The van der Waals surface area contributed by atoms with E-state index in [-0.39, 0.29) is 0 Å². The highest BCUT2D eigenvalue weighted by Gasteiger charge is 2.19. The van der Waals surface area contributed by atoms with Crippen LogP contribution in [0.15, 0.2) is 42.5 Å². The van der Waals surface area contributed by atoms with E-state index in [1.54, 1.807) is 19.2 Å². The second kappa shape index (κ2) is 7.31. The number of pyridine rings is 1. The average Bonchev–Trinajstić information content (AvgIpc) is 2.67. The smallest absolute Gasteiger partial charge is 0.229 e. The number of aryl methyl sites for hydroxylation is 1. The summed E-state index contributed by atoms with van der Waals surface area (Å²) in [6, 6.07) is 13.4. The molecule has 6 nitrogen and oxygen atoms in total. The number of fused-ring (bicyclic) bond motifs is 2. The van der Waals surface area contributed by atoms with Gasteiger partial charge in [0.15, 0.2) is 0 Å². The molecule has 0 fully saturated rings. The zero-order chi connectivity index (χ0) is 19.7. The molecule has 0 saturated heterocycles. The first-order valence-electron chi connectivity index (χ1n) is 9.28. The number of aromatic nitrogens is 1. The van der Waals surface area contributed by atoms with Crippen LogP contribution in [0.4, 0.5) is 17.1 Å². The van der Waals surface area contributed by atoms with Crippen LogP contribution in [-0.2, 0) is 22.9 Å². The van der Waals surface area contributed by atoms with E-state index in [1.807, 2.05) is 24.3 Å². The highest BCUT2D eigenvalue weighted by Crippen LogP contribution is 2.38. The van der Waals surface area contributed by atoms with E-state index in [2.05, 4.69) is 16.1 Å². The van der Waals surface area contributed by atoms with Crippen LogP contribution in [0.3, 0.4) is 0 Å². The van der Waals surface area contributed by atoms with Crippen LogP contribution >= 0.6 is 0 Å². The van der Waals surface area contributed by atoms with Crippen molar-refractivity contribution < 1.29 is 13.2 Å². The molecule has 1 aliphatic rings. The summed E-state index contributed by atoms with van der Waals surface area (Å²) in [5, 5.41) is 4.62. The molecular weight excluding hydrogens is 374 g/mol. The van der Waals surface area contributed by atoms with Crippen molar-refractivity contribution in [3.8, 4) is 5.75 Å². The van der Waals surface area contributed by atoms with Crippen LogP contribution < -0.4 is 14.8 Å². The molecule has 2 N–H and O–H groups in total. The fourth-order valence-electron chi connectivity index (χ4n) is 3.72. The van der Waals surface area contributed by atoms with Gasteiger partial charge in [0, 0.05) is 17.1 Å². The van der Waals surface area contributed by atoms with Gasteiger partial charge in [0.05, 0.1) is 35.9 Å². The number of hydrogen-bond acceptors (Lipinski definition) is 5. The van der Waals surface area contributed by atoms with E-state index >= 15 is 0 Å². The number of sulfonamides is 1. The van der Waals surface area contributed by atoms with Crippen molar-refractivity contribution in [1.82, 2.24) is 4.98 Å². The van der Waals surface area contributed by atoms with E-state index in [0.29, 0.717) is 11.4 Å². The standard InChI is InChI=1S/C21H23N3O3S/c1-27-20-13-14(24-28(2,25)26)11-12-19(20)23-21-15-7-3-5-9-17(15)22-18-10-6-4-8-16(18)21/h3,5,7,9,11-13,24H,4,6,8,10H2,1-2H3,(H,22,23). The van der Waals surface area contributed by atoms with E-state index in [9.17, 15) is 8.42 Å². The molecular formula is C21H23N3O3S. The van der Waals surface area contributed by atoms with Crippen LogP contribution in [-0.4, -0.2) is 26.8 Å². The van der Waals surface area contributed by atoms with Crippen molar-refractivity contribution in [3.63, 3.8) is 0 Å². The quantitative estimate of drug-likeness (QED) is 0.673. The first-order valence-corrected chi connectivity index (χ1v) is 11.2. The number of nitrogens with zero attached hydrogens (tertiary/aromatic N) is 1. The molecule has 1 aliphatic carbocycles. The second-order valence-electron chi connectivity index (χ2n) is 7.05. The summed E-state index contributed by atoms with van der Waals surface area (Å²) in [6.45, 7) is 0. The predicted molar refractivity (Wildman–Crippen MR) is 113 cm³/mol. The van der Waals surface area contributed by atoms with Gasteiger partial charge in [-0.15, -0.1) is 0 Å². The molecule has 0 aliphatic heterocycles. The molecule has 0 bridgehead atoms. The molecule has 0 radical (unpaired) electrons. The van der Waals surface area contributed by atoms with Gasteiger partial charge in [-0.05, 0) is 49.4 Å². The number of benzene rings is 2. The molecule has 4 rings (SSSR count). The lowest BCUT2D eigenvalue weighted by atomic mass is 9.92. The van der Waals surface area contributed by atoms with Crippen molar-refractivity contribution in [1.29, 1.82) is 0 Å². The van der Waals surface area contributed by atoms with Crippen LogP contribution in [0, 0.1) is 0 Å². The number of anilines is 3. The maximum absolute atomic E-state index is 11.5. The normalized spacial score (nSPS) is 13.8. The van der Waals surface area contributed by atoms with Gasteiger partial charge in [0.1, 0.15) is 5.75 Å². The first kappa shape index (κ1) is 18.6. The Morgan fingerprint density at radius 3 is 2.64 bits per heavy atom. The molecule has 0 atom stereocenters. The van der Waals surface area contributed by atoms with Crippen molar-refractivity contribution in [2.45, 2.75) is 25.7 Å². The minimum atomic E-state index is -3.35. The third-order valence-corrected chi connectivity index (χ3v) is 5.54. The predicted octanol–water partition coefficient (Wildman–Crippen LogP) is 4.24. The van der Waals surface area contributed by atoms with Crippen molar-refractivity contribution in [2.24, 2.45) is 0 Å². The molecule has 3 aromatic rings. The highest BCUT2D eigenvalue weighted by atomic mass is 32.2. The summed E-state index contributed by atoms with van der Waals surface area (Å²) in [5.41, 5.74) is 5.69. The van der Waals surface area contributed by atoms with Gasteiger partial charge in [-0.2, -0.15) is 0 Å². The lowest BCUT2D eigenvalue weighted by Crippen LogP contribution is -2.11. The fraction of sp³-hybridized carbons (Fsp3) is 0.286. The van der Waals surface area contributed by atoms with Gasteiger partial charge in [-0.1, -0.05) is 18.2 Å². The summed E-state index contributed by atoms with van der Waals surface area (Å²) in [7, 11) is -1.77. The Labute approximate surface area is 165 Å². The first-order chi connectivity index (χ1) is 13.4. The molecule has 28 heavy (non-hydrogen) atoms. The number of para-hydroxylation sites is 1. The average molecular weight is 398 g/mol. The molecule has 7 heteroatoms. The second-order valence-corrected chi connectivity index (χ2v) is 8.80. The minimum Gasteiger partial charge on any atom is -0.494 e. The summed E-state index contributed by atoms with van der Waals surface area (Å²) >= 11 is 0. The summed E-state index contributed by atoms with van der Waals surface area (Å²) in [5.74, 6) is 0.569. The number of hydrogen-bond donors (Lipinski definition) is 2. The van der Waals surface area contributed by atoms with Crippen molar-refractivity contribution in [3.05, 3.63) is 53.7 Å². The van der Waals surface area contributed by atoms with Crippen LogP contribution in [0.2, 0.25) is 0 Å². The molecule has 0 saturated carbocycles. The molecule has 1 aromatic heterocycles. The fourth-order valence-corrected chi connectivity index (χ4v) is 4.28. The van der Waals surface area contributed by atoms with E-state index < -0.39 is 10.0 Å². The summed E-state index contributed by atoms with van der Waals surface area (Å²) in [4.78, 5) is 4.87. The third-order valence-electron chi connectivity index (χ3n) is 4.93. The maximum Gasteiger partial charge on any atom is 0.229 e. The Morgan fingerprint density at radius 2 is 1.86 bits per heavy atom. The van der Waals surface area contributed by atoms with Gasteiger partial charge in [0.2, 0.25) is 10.0 Å². The van der Waals surface area contributed by atoms with Gasteiger partial charge in [-0.25, -0.2) is 8.42 Å². The molecule has 0 spiro atoms. The largest absolute Gasteiger partial charge is 0.494 e. The molecule has 2 aromatic carbocycles. The van der Waals surface area contributed by atoms with E-state index in [0.717, 1.165) is 59.9 Å². The highest BCUT2D eigenvalue weighted by molar-refractivity contribution is 7.92. The maximum atomic E-state index is 11.5. The molecule has 0 amide bonds. The Kier molecular flexibility index (Phi) is 4.85. The van der Waals surface area contributed by atoms with Gasteiger partial charge in [-0.3, -0.25) is 9.71 Å². The SMILES string of the molecule is COc1cc(NS(C)(=O)=O)ccc1Nc1c2c(nc3ccccc13)CCCC2. The van der Waals surface area contributed by atoms with E-state index in [1.165, 1.54) is 5.56 Å². The number of methoxy groups -OCH3 is 1. The zero-order valence-electron chi connectivity index (χ0n) is 16.0.